The second-order valence-corrected chi connectivity index (χ2v) is 8.17. The van der Waals surface area contributed by atoms with Crippen molar-refractivity contribution in [1.82, 2.24) is 0 Å². The van der Waals surface area contributed by atoms with Gasteiger partial charge in [0.25, 0.3) is 5.91 Å². The van der Waals surface area contributed by atoms with Gasteiger partial charge in [0, 0.05) is 11.9 Å². The molecule has 0 aliphatic rings. The zero-order valence-corrected chi connectivity index (χ0v) is 16.6. The second kappa shape index (κ2) is 9.89. The molecule has 0 fully saturated rings. The zero-order valence-electron chi connectivity index (χ0n) is 15.8. The van der Waals surface area contributed by atoms with E-state index < -0.39 is 21.7 Å². The van der Waals surface area contributed by atoms with E-state index in [1.165, 1.54) is 12.1 Å². The van der Waals surface area contributed by atoms with Gasteiger partial charge in [-0.3, -0.25) is 4.79 Å². The highest BCUT2D eigenvalue weighted by Gasteiger charge is 2.10. The fourth-order valence-corrected chi connectivity index (χ4v) is 2.90. The van der Waals surface area contributed by atoms with E-state index in [4.69, 9.17) is 9.47 Å². The molecule has 1 N–H and O–H groups in total. The Bertz CT molecular complexity index is 922. The quantitative estimate of drug-likeness (QED) is 0.508. The number of rotatable bonds is 9. The van der Waals surface area contributed by atoms with Gasteiger partial charge in [0.1, 0.15) is 5.75 Å². The van der Waals surface area contributed by atoms with Crippen LogP contribution in [0.25, 0.3) is 0 Å². The minimum atomic E-state index is -3.36. The minimum Gasteiger partial charge on any atom is -0.484 e. The van der Waals surface area contributed by atoms with Gasteiger partial charge in [-0.05, 0) is 48.9 Å². The summed E-state index contributed by atoms with van der Waals surface area (Å²) in [4.78, 5) is 24.0. The third-order valence-corrected chi connectivity index (χ3v) is 4.85. The highest BCUT2D eigenvalue weighted by molar-refractivity contribution is 7.90. The summed E-state index contributed by atoms with van der Waals surface area (Å²) in [5.74, 6) is -0.414. The number of hydrogen-bond donors (Lipinski definition) is 1. The maximum Gasteiger partial charge on any atom is 0.338 e. The smallest absolute Gasteiger partial charge is 0.338 e. The van der Waals surface area contributed by atoms with Gasteiger partial charge in [-0.15, -0.1) is 0 Å². The molecule has 8 heteroatoms. The largest absolute Gasteiger partial charge is 0.484 e. The number of esters is 1. The third-order valence-electron chi connectivity index (χ3n) is 3.74. The van der Waals surface area contributed by atoms with Crippen LogP contribution in [0.3, 0.4) is 0 Å². The number of hydrogen-bond acceptors (Lipinski definition) is 6. The minimum absolute atomic E-state index is 0.118. The molecule has 0 aliphatic heterocycles. The summed E-state index contributed by atoms with van der Waals surface area (Å²) in [6.07, 6.45) is 2.86. The van der Waals surface area contributed by atoms with Crippen LogP contribution >= 0.6 is 0 Å². The molecule has 1 amide bonds. The number of nitrogens with one attached hydrogen (secondary N) is 1. The van der Waals surface area contributed by atoms with Crippen LogP contribution in [0.4, 0.5) is 5.69 Å². The Morgan fingerprint density at radius 3 is 2.43 bits per heavy atom. The van der Waals surface area contributed by atoms with E-state index in [9.17, 15) is 18.0 Å². The molecule has 7 nitrogen and oxygen atoms in total. The average Bonchev–Trinajstić information content (AvgIpc) is 2.66. The van der Waals surface area contributed by atoms with Gasteiger partial charge in [0.05, 0.1) is 17.1 Å². The Kier molecular flexibility index (Phi) is 7.57. The Labute approximate surface area is 164 Å². The molecule has 0 saturated heterocycles. The van der Waals surface area contributed by atoms with Crippen LogP contribution in [-0.4, -0.2) is 39.8 Å². The summed E-state index contributed by atoms with van der Waals surface area (Å²) in [6.45, 7) is 2.14. The first-order chi connectivity index (χ1) is 13.3. The number of sulfone groups is 1. The standard InChI is InChI=1S/C20H23NO6S/c1-3-4-12-26-20(23)15-8-10-17(11-9-15)27-14-19(22)21-16-6-5-7-18(13-16)28(2,24)25/h5-11,13H,3-4,12,14H2,1-2H3,(H,21,22). The van der Waals surface area contributed by atoms with Gasteiger partial charge in [0.2, 0.25) is 0 Å². The summed E-state index contributed by atoms with van der Waals surface area (Å²) in [5, 5.41) is 2.58. The summed E-state index contributed by atoms with van der Waals surface area (Å²) in [5.41, 5.74) is 0.771. The molecule has 0 aliphatic carbocycles. The molecule has 2 aromatic carbocycles. The molecule has 0 bridgehead atoms. The van der Waals surface area contributed by atoms with Crippen LogP contribution < -0.4 is 10.1 Å². The SMILES string of the molecule is CCCCOC(=O)c1ccc(OCC(=O)Nc2cccc(S(C)(=O)=O)c2)cc1. The number of anilines is 1. The maximum atomic E-state index is 12.0. The number of carbonyl (C=O) groups is 2. The van der Waals surface area contributed by atoms with Gasteiger partial charge >= 0.3 is 5.97 Å². The molecular weight excluding hydrogens is 382 g/mol. The Hall–Kier alpha value is -2.87. The second-order valence-electron chi connectivity index (χ2n) is 6.15. The molecule has 0 atom stereocenters. The summed E-state index contributed by atoms with van der Waals surface area (Å²) in [6, 6.07) is 12.3. The van der Waals surface area contributed by atoms with Gasteiger partial charge in [-0.2, -0.15) is 0 Å². The van der Waals surface area contributed by atoms with E-state index in [1.54, 1.807) is 36.4 Å². The zero-order chi connectivity index (χ0) is 20.6. The predicted molar refractivity (Wildman–Crippen MR) is 105 cm³/mol. The van der Waals surface area contributed by atoms with E-state index in [0.717, 1.165) is 19.1 Å². The highest BCUT2D eigenvalue weighted by atomic mass is 32.2. The van der Waals surface area contributed by atoms with Crippen LogP contribution in [-0.2, 0) is 19.4 Å². The fourth-order valence-electron chi connectivity index (χ4n) is 2.23. The molecule has 0 radical (unpaired) electrons. The third kappa shape index (κ3) is 6.70. The summed E-state index contributed by atoms with van der Waals surface area (Å²) >= 11 is 0. The number of unbranched alkanes of at least 4 members (excludes halogenated alkanes) is 1. The Balaban J connectivity index is 1.87. The van der Waals surface area contributed by atoms with Crippen LogP contribution in [0.15, 0.2) is 53.4 Å². The van der Waals surface area contributed by atoms with Gasteiger partial charge < -0.3 is 14.8 Å². The lowest BCUT2D eigenvalue weighted by atomic mass is 10.2. The monoisotopic (exact) mass is 405 g/mol. The maximum absolute atomic E-state index is 12.0. The predicted octanol–water partition coefficient (Wildman–Crippen LogP) is 3.06. The van der Waals surface area contributed by atoms with Crippen LogP contribution in [0.2, 0.25) is 0 Å². The van der Waals surface area contributed by atoms with Crippen molar-refractivity contribution in [2.45, 2.75) is 24.7 Å². The van der Waals surface area contributed by atoms with E-state index >= 15 is 0 Å². The van der Waals surface area contributed by atoms with Crippen molar-refractivity contribution < 1.29 is 27.5 Å². The number of benzene rings is 2. The Morgan fingerprint density at radius 1 is 1.07 bits per heavy atom. The van der Waals surface area contributed by atoms with Crippen LogP contribution in [0.5, 0.6) is 5.75 Å². The first kappa shape index (κ1) is 21.4. The molecule has 0 unspecified atom stereocenters. The van der Waals surface area contributed by atoms with Crippen LogP contribution in [0, 0.1) is 0 Å². The molecule has 28 heavy (non-hydrogen) atoms. The number of amides is 1. The fraction of sp³-hybridized carbons (Fsp3) is 0.300. The molecule has 0 saturated carbocycles. The van der Waals surface area contributed by atoms with Crippen molar-refractivity contribution in [3.8, 4) is 5.75 Å². The van der Waals surface area contributed by atoms with Gasteiger partial charge in [0.15, 0.2) is 16.4 Å². The van der Waals surface area contributed by atoms with Gasteiger partial charge in [-0.25, -0.2) is 13.2 Å². The molecule has 2 aromatic rings. The lowest BCUT2D eigenvalue weighted by Crippen LogP contribution is -2.20. The molecule has 150 valence electrons. The van der Waals surface area contributed by atoms with Crippen molar-refractivity contribution in [3.63, 3.8) is 0 Å². The van der Waals surface area contributed by atoms with E-state index in [1.807, 2.05) is 6.92 Å². The molecule has 0 spiro atoms. The van der Waals surface area contributed by atoms with Crippen molar-refractivity contribution in [2.75, 3.05) is 24.8 Å². The normalized spacial score (nSPS) is 10.9. The average molecular weight is 405 g/mol. The first-order valence-electron chi connectivity index (χ1n) is 8.79. The number of carbonyl (C=O) groups excluding carboxylic acids is 2. The van der Waals surface area contributed by atoms with Crippen molar-refractivity contribution in [3.05, 3.63) is 54.1 Å². The van der Waals surface area contributed by atoms with Crippen molar-refractivity contribution in [2.24, 2.45) is 0 Å². The highest BCUT2D eigenvalue weighted by Crippen LogP contribution is 2.16. The van der Waals surface area contributed by atoms with E-state index in [0.29, 0.717) is 23.6 Å². The lowest BCUT2D eigenvalue weighted by molar-refractivity contribution is -0.118. The first-order valence-corrected chi connectivity index (χ1v) is 10.7. The van der Waals surface area contributed by atoms with Crippen LogP contribution in [0.1, 0.15) is 30.1 Å². The lowest BCUT2D eigenvalue weighted by Gasteiger charge is -2.09. The topological polar surface area (TPSA) is 98.8 Å². The summed E-state index contributed by atoms with van der Waals surface area (Å²) in [7, 11) is -3.36. The summed E-state index contributed by atoms with van der Waals surface area (Å²) < 4.78 is 33.6. The van der Waals surface area contributed by atoms with Crippen molar-refractivity contribution in [1.29, 1.82) is 0 Å². The molecule has 0 heterocycles. The van der Waals surface area contributed by atoms with E-state index in [-0.39, 0.29) is 11.5 Å². The molecule has 2 rings (SSSR count). The molecular formula is C20H23NO6S. The molecule has 0 aromatic heterocycles. The van der Waals surface area contributed by atoms with E-state index in [2.05, 4.69) is 5.32 Å². The van der Waals surface area contributed by atoms with Gasteiger partial charge in [-0.1, -0.05) is 19.4 Å². The Morgan fingerprint density at radius 2 is 1.79 bits per heavy atom. The number of ether oxygens (including phenoxy) is 2. The van der Waals surface area contributed by atoms with Crippen molar-refractivity contribution >= 4 is 27.4 Å².